The summed E-state index contributed by atoms with van der Waals surface area (Å²) in [7, 11) is 0. The van der Waals surface area contributed by atoms with Crippen molar-refractivity contribution in [3.8, 4) is 0 Å². The topological polar surface area (TPSA) is 38.0 Å². The van der Waals surface area contributed by atoms with Crippen LogP contribution in [0.4, 0.5) is 0 Å². The Kier molecular flexibility index (Phi) is 5.40. The maximum atomic E-state index is 6.23. The second kappa shape index (κ2) is 7.08. The van der Waals surface area contributed by atoms with Crippen LogP contribution >= 0.6 is 11.6 Å². The molecule has 0 heterocycles. The quantitative estimate of drug-likeness (QED) is 0.634. The average molecular weight is 303 g/mol. The molecule has 112 valence electrons. The van der Waals surface area contributed by atoms with Gasteiger partial charge in [-0.3, -0.25) is 5.84 Å². The van der Waals surface area contributed by atoms with Crippen LogP contribution in [0.5, 0.6) is 0 Å². The molecule has 0 radical (unpaired) electrons. The summed E-state index contributed by atoms with van der Waals surface area (Å²) in [6.45, 7) is 6.45. The van der Waals surface area contributed by atoms with Crippen LogP contribution in [0, 0.1) is 12.8 Å². The fourth-order valence-electron chi connectivity index (χ4n) is 2.54. The van der Waals surface area contributed by atoms with Crippen molar-refractivity contribution in [2.75, 3.05) is 0 Å². The predicted molar refractivity (Wildman–Crippen MR) is 90.3 cm³/mol. The second-order valence-corrected chi connectivity index (χ2v) is 6.36. The lowest BCUT2D eigenvalue weighted by Crippen LogP contribution is -2.29. The summed E-state index contributed by atoms with van der Waals surface area (Å²) in [6, 6.07) is 14.6. The van der Waals surface area contributed by atoms with Crippen molar-refractivity contribution in [1.29, 1.82) is 0 Å². The molecule has 0 fully saturated rings. The first-order chi connectivity index (χ1) is 10.0. The molecule has 2 rings (SSSR count). The molecular formula is C18H23ClN2. The van der Waals surface area contributed by atoms with Gasteiger partial charge in [0.15, 0.2) is 0 Å². The fraction of sp³-hybridized carbons (Fsp3) is 0.333. The molecule has 3 N–H and O–H groups in total. The van der Waals surface area contributed by atoms with Gasteiger partial charge in [0.2, 0.25) is 0 Å². The van der Waals surface area contributed by atoms with Gasteiger partial charge in [-0.15, -0.1) is 0 Å². The second-order valence-electron chi connectivity index (χ2n) is 5.95. The number of nitrogens with two attached hydrogens (primary N) is 1. The van der Waals surface area contributed by atoms with Gasteiger partial charge in [-0.1, -0.05) is 61.8 Å². The molecule has 0 aliphatic rings. The van der Waals surface area contributed by atoms with Crippen LogP contribution < -0.4 is 11.3 Å². The van der Waals surface area contributed by atoms with Gasteiger partial charge < -0.3 is 0 Å². The highest BCUT2D eigenvalue weighted by Crippen LogP contribution is 2.26. The number of benzene rings is 2. The van der Waals surface area contributed by atoms with E-state index in [1.165, 1.54) is 5.56 Å². The molecule has 2 nitrogen and oxygen atoms in total. The normalized spacial score (nSPS) is 12.7. The molecule has 0 bridgehead atoms. The molecule has 0 amide bonds. The highest BCUT2D eigenvalue weighted by molar-refractivity contribution is 6.31. The monoisotopic (exact) mass is 302 g/mol. The van der Waals surface area contributed by atoms with Crippen LogP contribution in [0.2, 0.25) is 5.02 Å². The Balaban J connectivity index is 2.34. The lowest BCUT2D eigenvalue weighted by atomic mass is 9.94. The number of halogens is 1. The summed E-state index contributed by atoms with van der Waals surface area (Å²) < 4.78 is 0. The standard InChI is InChI=1S/C18H23ClN2/c1-12(2)9-14-5-4-6-15(10-14)18(21-20)16-8-7-13(3)17(19)11-16/h4-8,10-12,18,21H,9,20H2,1-3H3. The van der Waals surface area contributed by atoms with Crippen molar-refractivity contribution in [1.82, 2.24) is 5.43 Å². The number of hydrogen-bond donors (Lipinski definition) is 2. The van der Waals surface area contributed by atoms with Crippen molar-refractivity contribution >= 4 is 11.6 Å². The number of hydrazine groups is 1. The Hall–Kier alpha value is -1.35. The maximum absolute atomic E-state index is 6.23. The molecular weight excluding hydrogens is 280 g/mol. The summed E-state index contributed by atoms with van der Waals surface area (Å²) in [5, 5.41) is 0.770. The van der Waals surface area contributed by atoms with Crippen molar-refractivity contribution in [2.45, 2.75) is 33.2 Å². The highest BCUT2D eigenvalue weighted by Gasteiger charge is 2.14. The molecule has 2 aromatic rings. The molecule has 0 saturated carbocycles. The zero-order chi connectivity index (χ0) is 15.4. The number of rotatable bonds is 5. The highest BCUT2D eigenvalue weighted by atomic mass is 35.5. The average Bonchev–Trinajstić information content (AvgIpc) is 2.43. The minimum absolute atomic E-state index is 0.0461. The summed E-state index contributed by atoms with van der Waals surface area (Å²) in [5.74, 6) is 6.42. The van der Waals surface area contributed by atoms with Crippen LogP contribution in [0.1, 0.15) is 42.1 Å². The molecule has 0 spiro atoms. The molecule has 0 saturated heterocycles. The van der Waals surface area contributed by atoms with Gasteiger partial charge in [0, 0.05) is 5.02 Å². The van der Waals surface area contributed by atoms with Gasteiger partial charge in [0.05, 0.1) is 6.04 Å². The summed E-state index contributed by atoms with van der Waals surface area (Å²) in [6.07, 6.45) is 1.07. The molecule has 0 aromatic heterocycles. The zero-order valence-corrected chi connectivity index (χ0v) is 13.6. The minimum atomic E-state index is -0.0461. The molecule has 3 heteroatoms. The molecule has 1 atom stereocenters. The smallest absolute Gasteiger partial charge is 0.0710 e. The molecule has 0 aliphatic heterocycles. The van der Waals surface area contributed by atoms with E-state index in [1.54, 1.807) is 0 Å². The molecule has 1 unspecified atom stereocenters. The SMILES string of the molecule is Cc1ccc(C(NN)c2cccc(CC(C)C)c2)cc1Cl. The van der Waals surface area contributed by atoms with E-state index in [1.807, 2.05) is 19.1 Å². The van der Waals surface area contributed by atoms with Crippen LogP contribution in [0.25, 0.3) is 0 Å². The third-order valence-electron chi connectivity index (χ3n) is 3.62. The third-order valence-corrected chi connectivity index (χ3v) is 4.03. The van der Waals surface area contributed by atoms with Crippen LogP contribution in [0.15, 0.2) is 42.5 Å². The third kappa shape index (κ3) is 4.07. The first kappa shape index (κ1) is 16.0. The largest absolute Gasteiger partial charge is 0.271 e. The Bertz CT molecular complexity index is 608. The van der Waals surface area contributed by atoms with Crippen molar-refractivity contribution in [2.24, 2.45) is 11.8 Å². The molecule has 21 heavy (non-hydrogen) atoms. The minimum Gasteiger partial charge on any atom is -0.271 e. The van der Waals surface area contributed by atoms with Crippen molar-refractivity contribution < 1.29 is 0 Å². The van der Waals surface area contributed by atoms with Crippen LogP contribution in [0.3, 0.4) is 0 Å². The van der Waals surface area contributed by atoms with E-state index in [0.29, 0.717) is 5.92 Å². The van der Waals surface area contributed by atoms with Crippen molar-refractivity contribution in [3.63, 3.8) is 0 Å². The van der Waals surface area contributed by atoms with E-state index in [9.17, 15) is 0 Å². The van der Waals surface area contributed by atoms with E-state index in [0.717, 1.165) is 28.1 Å². The van der Waals surface area contributed by atoms with Gasteiger partial charge in [-0.25, -0.2) is 5.43 Å². The van der Waals surface area contributed by atoms with E-state index >= 15 is 0 Å². The predicted octanol–water partition coefficient (Wildman–Crippen LogP) is 4.40. The Morgan fingerprint density at radius 2 is 1.81 bits per heavy atom. The molecule has 0 aliphatic carbocycles. The van der Waals surface area contributed by atoms with Crippen molar-refractivity contribution in [3.05, 3.63) is 69.7 Å². The molecule has 2 aromatic carbocycles. The number of nitrogens with one attached hydrogen (secondary N) is 1. The van der Waals surface area contributed by atoms with E-state index in [2.05, 4.69) is 49.6 Å². The summed E-state index contributed by atoms with van der Waals surface area (Å²) in [4.78, 5) is 0. The first-order valence-corrected chi connectivity index (χ1v) is 7.70. The van der Waals surface area contributed by atoms with Gasteiger partial charge in [0.1, 0.15) is 0 Å². The van der Waals surface area contributed by atoms with Gasteiger partial charge >= 0.3 is 0 Å². The Morgan fingerprint density at radius 1 is 1.10 bits per heavy atom. The summed E-state index contributed by atoms with van der Waals surface area (Å²) in [5.41, 5.74) is 7.55. The first-order valence-electron chi connectivity index (χ1n) is 7.32. The number of aryl methyl sites for hydroxylation is 1. The number of hydrogen-bond acceptors (Lipinski definition) is 2. The lowest BCUT2D eigenvalue weighted by molar-refractivity contribution is 0.627. The summed E-state index contributed by atoms with van der Waals surface area (Å²) >= 11 is 6.23. The van der Waals surface area contributed by atoms with Crippen LogP contribution in [-0.4, -0.2) is 0 Å². The van der Waals surface area contributed by atoms with E-state index < -0.39 is 0 Å². The lowest BCUT2D eigenvalue weighted by Gasteiger charge is -2.19. The zero-order valence-electron chi connectivity index (χ0n) is 12.9. The fourth-order valence-corrected chi connectivity index (χ4v) is 2.73. The van der Waals surface area contributed by atoms with E-state index in [4.69, 9.17) is 17.4 Å². The Labute approximate surface area is 132 Å². The maximum Gasteiger partial charge on any atom is 0.0710 e. The van der Waals surface area contributed by atoms with E-state index in [-0.39, 0.29) is 6.04 Å². The Morgan fingerprint density at radius 3 is 2.43 bits per heavy atom. The van der Waals surface area contributed by atoms with Crippen LogP contribution in [-0.2, 0) is 6.42 Å². The van der Waals surface area contributed by atoms with Gasteiger partial charge in [0.25, 0.3) is 0 Å². The van der Waals surface area contributed by atoms with Gasteiger partial charge in [-0.05, 0) is 47.6 Å². The van der Waals surface area contributed by atoms with Gasteiger partial charge in [-0.2, -0.15) is 0 Å².